The van der Waals surface area contributed by atoms with Crippen molar-refractivity contribution in [2.75, 3.05) is 0 Å². The SMILES string of the molecule is NC1=[NH+]C(=O)c2ccccc21. The van der Waals surface area contributed by atoms with E-state index in [0.29, 0.717) is 11.4 Å². The van der Waals surface area contributed by atoms with E-state index >= 15 is 0 Å². The first-order chi connectivity index (χ1) is 5.29. The molecule has 0 saturated carbocycles. The molecule has 1 heterocycles. The van der Waals surface area contributed by atoms with Crippen LogP contribution in [0.3, 0.4) is 0 Å². The molecule has 0 bridgehead atoms. The summed E-state index contributed by atoms with van der Waals surface area (Å²) in [6.45, 7) is 0. The minimum Gasteiger partial charge on any atom is -0.286 e. The van der Waals surface area contributed by atoms with E-state index in [-0.39, 0.29) is 5.91 Å². The van der Waals surface area contributed by atoms with Crippen molar-refractivity contribution in [2.24, 2.45) is 5.73 Å². The van der Waals surface area contributed by atoms with Gasteiger partial charge in [0.05, 0.1) is 11.1 Å². The zero-order valence-corrected chi connectivity index (χ0v) is 5.79. The third kappa shape index (κ3) is 0.741. The average Bonchev–Trinajstić information content (AvgIpc) is 2.30. The summed E-state index contributed by atoms with van der Waals surface area (Å²) in [5.41, 5.74) is 6.98. The van der Waals surface area contributed by atoms with Gasteiger partial charge >= 0.3 is 5.91 Å². The predicted molar refractivity (Wildman–Crippen MR) is 40.0 cm³/mol. The van der Waals surface area contributed by atoms with Gasteiger partial charge < -0.3 is 0 Å². The molecule has 0 aromatic heterocycles. The van der Waals surface area contributed by atoms with Gasteiger partial charge in [-0.1, -0.05) is 12.1 Å². The Morgan fingerprint density at radius 2 is 1.82 bits per heavy atom. The fourth-order valence-corrected chi connectivity index (χ4v) is 1.17. The van der Waals surface area contributed by atoms with Gasteiger partial charge in [0.2, 0.25) is 0 Å². The van der Waals surface area contributed by atoms with E-state index in [0.717, 1.165) is 5.56 Å². The average molecular weight is 147 g/mol. The minimum atomic E-state index is -0.113. The van der Waals surface area contributed by atoms with Crippen LogP contribution in [0.15, 0.2) is 24.3 Å². The van der Waals surface area contributed by atoms with Gasteiger partial charge in [0.1, 0.15) is 0 Å². The Kier molecular flexibility index (Phi) is 1.06. The van der Waals surface area contributed by atoms with Gasteiger partial charge in [-0.05, 0) is 12.1 Å². The van der Waals surface area contributed by atoms with Crippen LogP contribution in [0.2, 0.25) is 0 Å². The van der Waals surface area contributed by atoms with Gasteiger partial charge in [-0.2, -0.15) is 0 Å². The van der Waals surface area contributed by atoms with E-state index in [1.165, 1.54) is 0 Å². The van der Waals surface area contributed by atoms with Crippen LogP contribution in [-0.4, -0.2) is 11.7 Å². The monoisotopic (exact) mass is 147 g/mol. The molecule has 1 aromatic rings. The first-order valence-electron chi connectivity index (χ1n) is 3.32. The minimum absolute atomic E-state index is 0.113. The van der Waals surface area contributed by atoms with Gasteiger partial charge in [0.25, 0.3) is 5.84 Å². The molecule has 0 radical (unpaired) electrons. The zero-order chi connectivity index (χ0) is 7.84. The Bertz CT molecular complexity index is 355. The van der Waals surface area contributed by atoms with Crippen molar-refractivity contribution in [3.05, 3.63) is 35.4 Å². The van der Waals surface area contributed by atoms with Crippen molar-refractivity contribution in [2.45, 2.75) is 0 Å². The summed E-state index contributed by atoms with van der Waals surface area (Å²) < 4.78 is 0. The van der Waals surface area contributed by atoms with Gasteiger partial charge in [-0.3, -0.25) is 5.73 Å². The lowest BCUT2D eigenvalue weighted by Crippen LogP contribution is -2.76. The number of carbonyl (C=O) groups is 1. The molecule has 1 aromatic carbocycles. The number of amidine groups is 1. The number of nitrogens with one attached hydrogen (secondary N) is 1. The molecule has 0 unspecified atom stereocenters. The summed E-state index contributed by atoms with van der Waals surface area (Å²) in [5, 5.41) is 0. The molecule has 2 rings (SSSR count). The number of hydrogen-bond acceptors (Lipinski definition) is 2. The zero-order valence-electron chi connectivity index (χ0n) is 5.79. The highest BCUT2D eigenvalue weighted by Gasteiger charge is 2.24. The molecule has 0 spiro atoms. The van der Waals surface area contributed by atoms with Crippen molar-refractivity contribution in [3.8, 4) is 0 Å². The maximum Gasteiger partial charge on any atom is 0.339 e. The van der Waals surface area contributed by atoms with Crippen LogP contribution in [0, 0.1) is 0 Å². The molecular formula is C8H7N2O+. The number of benzene rings is 1. The molecule has 3 N–H and O–H groups in total. The largest absolute Gasteiger partial charge is 0.339 e. The Hall–Kier alpha value is -1.64. The number of nitrogen functional groups attached to an aromatic ring is 1. The van der Waals surface area contributed by atoms with Crippen LogP contribution in [0.4, 0.5) is 0 Å². The van der Waals surface area contributed by atoms with E-state index in [9.17, 15) is 4.79 Å². The fraction of sp³-hybridized carbons (Fsp3) is 0. The second-order valence-corrected chi connectivity index (χ2v) is 2.41. The maximum atomic E-state index is 11.1. The standard InChI is InChI=1S/C8H6N2O/c9-7-5-3-1-2-4-6(5)8(11)10-7/h1-4H,(H2,9,10,11)/p+1. The van der Waals surface area contributed by atoms with E-state index in [2.05, 4.69) is 4.99 Å². The van der Waals surface area contributed by atoms with Crippen molar-refractivity contribution in [3.63, 3.8) is 0 Å². The van der Waals surface area contributed by atoms with E-state index in [4.69, 9.17) is 5.73 Å². The lowest BCUT2D eigenvalue weighted by Gasteiger charge is -1.89. The van der Waals surface area contributed by atoms with Crippen molar-refractivity contribution in [1.29, 1.82) is 0 Å². The van der Waals surface area contributed by atoms with E-state index < -0.39 is 0 Å². The summed E-state index contributed by atoms with van der Waals surface area (Å²) in [5.74, 6) is 0.337. The summed E-state index contributed by atoms with van der Waals surface area (Å²) in [4.78, 5) is 13.6. The lowest BCUT2D eigenvalue weighted by atomic mass is 10.1. The molecule has 0 saturated heterocycles. The number of rotatable bonds is 0. The summed E-state index contributed by atoms with van der Waals surface area (Å²) in [6, 6.07) is 7.25. The third-order valence-electron chi connectivity index (χ3n) is 1.71. The number of hydrogen-bond donors (Lipinski definition) is 2. The molecule has 0 atom stereocenters. The number of nitrogens with two attached hydrogens (primary N) is 1. The summed E-state index contributed by atoms with van der Waals surface area (Å²) >= 11 is 0. The second kappa shape index (κ2) is 1.92. The molecule has 54 valence electrons. The Morgan fingerprint density at radius 1 is 1.18 bits per heavy atom. The van der Waals surface area contributed by atoms with Gasteiger partial charge in [0, 0.05) is 0 Å². The van der Waals surface area contributed by atoms with Crippen molar-refractivity contribution in [1.82, 2.24) is 0 Å². The quantitative estimate of drug-likeness (QED) is 0.475. The van der Waals surface area contributed by atoms with Crippen molar-refractivity contribution >= 4 is 11.7 Å². The first-order valence-corrected chi connectivity index (χ1v) is 3.32. The number of carbonyl (C=O) groups excluding carboxylic acids is 1. The Morgan fingerprint density at radius 3 is 2.45 bits per heavy atom. The predicted octanol–water partition coefficient (Wildman–Crippen LogP) is -1.37. The number of fused-ring (bicyclic) bond motifs is 1. The molecular weight excluding hydrogens is 140 g/mol. The molecule has 1 amide bonds. The van der Waals surface area contributed by atoms with Crippen LogP contribution in [0.5, 0.6) is 0 Å². The van der Waals surface area contributed by atoms with Crippen molar-refractivity contribution < 1.29 is 9.79 Å². The van der Waals surface area contributed by atoms with Gasteiger partial charge in [-0.15, -0.1) is 0 Å². The van der Waals surface area contributed by atoms with Crippen LogP contribution < -0.4 is 10.7 Å². The van der Waals surface area contributed by atoms with Gasteiger partial charge in [-0.25, -0.2) is 9.79 Å². The van der Waals surface area contributed by atoms with E-state index in [1.54, 1.807) is 6.07 Å². The van der Waals surface area contributed by atoms with E-state index in [1.807, 2.05) is 18.2 Å². The maximum absolute atomic E-state index is 11.1. The highest BCUT2D eigenvalue weighted by molar-refractivity contribution is 6.10. The molecule has 1 aliphatic rings. The molecule has 0 fully saturated rings. The van der Waals surface area contributed by atoms with Crippen LogP contribution in [0.25, 0.3) is 0 Å². The molecule has 1 aliphatic heterocycles. The smallest absolute Gasteiger partial charge is 0.286 e. The van der Waals surface area contributed by atoms with Crippen LogP contribution >= 0.6 is 0 Å². The topological polar surface area (TPSA) is 57.1 Å². The highest BCUT2D eigenvalue weighted by atomic mass is 16.1. The molecule has 3 heteroatoms. The Balaban J connectivity index is 2.71. The highest BCUT2D eigenvalue weighted by Crippen LogP contribution is 2.07. The van der Waals surface area contributed by atoms with Crippen LogP contribution in [-0.2, 0) is 0 Å². The Labute approximate surface area is 63.6 Å². The first kappa shape index (κ1) is 6.09. The summed E-state index contributed by atoms with van der Waals surface area (Å²) in [6.07, 6.45) is 0. The molecule has 11 heavy (non-hydrogen) atoms. The normalized spacial score (nSPS) is 14.5. The molecule has 3 nitrogen and oxygen atoms in total. The number of amides is 1. The fourth-order valence-electron chi connectivity index (χ4n) is 1.17. The molecule has 0 aliphatic carbocycles. The summed E-state index contributed by atoms with van der Waals surface area (Å²) in [7, 11) is 0. The third-order valence-corrected chi connectivity index (χ3v) is 1.71. The van der Waals surface area contributed by atoms with Gasteiger partial charge in [0.15, 0.2) is 0 Å². The lowest BCUT2D eigenvalue weighted by molar-refractivity contribution is -0.341. The second-order valence-electron chi connectivity index (χ2n) is 2.41. The van der Waals surface area contributed by atoms with Crippen LogP contribution in [0.1, 0.15) is 15.9 Å².